The van der Waals surface area contributed by atoms with Crippen molar-refractivity contribution in [3.63, 3.8) is 0 Å². The van der Waals surface area contributed by atoms with Crippen LogP contribution in [0, 0.1) is 13.8 Å². The summed E-state index contributed by atoms with van der Waals surface area (Å²) in [4.78, 5) is 27.3. The Morgan fingerprint density at radius 3 is 2.81 bits per heavy atom. The topological polar surface area (TPSA) is 77.1 Å². The highest BCUT2D eigenvalue weighted by atomic mass is 16.7. The molecule has 0 saturated carbocycles. The minimum Gasteiger partial charge on any atom is -0.454 e. The second-order valence-electron chi connectivity index (χ2n) is 8.10. The van der Waals surface area contributed by atoms with Crippen LogP contribution >= 0.6 is 0 Å². The first-order valence-electron chi connectivity index (χ1n) is 10.8. The van der Waals surface area contributed by atoms with Crippen molar-refractivity contribution in [3.05, 3.63) is 59.2 Å². The molecule has 32 heavy (non-hydrogen) atoms. The summed E-state index contributed by atoms with van der Waals surface area (Å²) in [5, 5.41) is 2.94. The van der Waals surface area contributed by atoms with Gasteiger partial charge in [-0.3, -0.25) is 9.59 Å². The Balaban J connectivity index is 1.44. The minimum atomic E-state index is -0.241. The number of hydrogen-bond acceptors (Lipinski definition) is 5. The van der Waals surface area contributed by atoms with Gasteiger partial charge in [-0.15, -0.1) is 0 Å². The number of nitrogens with zero attached hydrogens (tertiary/aromatic N) is 1. The van der Waals surface area contributed by atoms with Crippen LogP contribution in [0.2, 0.25) is 0 Å². The fourth-order valence-corrected chi connectivity index (χ4v) is 3.81. The highest BCUT2D eigenvalue weighted by Gasteiger charge is 2.23. The zero-order valence-corrected chi connectivity index (χ0v) is 18.4. The van der Waals surface area contributed by atoms with Crippen molar-refractivity contribution in [2.24, 2.45) is 0 Å². The predicted octanol–water partition coefficient (Wildman–Crippen LogP) is 3.69. The van der Waals surface area contributed by atoms with Gasteiger partial charge < -0.3 is 24.4 Å². The number of carbonyl (C=O) groups is 2. The number of aryl methyl sites for hydroxylation is 1. The third-order valence-electron chi connectivity index (χ3n) is 5.79. The Labute approximate surface area is 188 Å². The van der Waals surface area contributed by atoms with Gasteiger partial charge in [0.2, 0.25) is 18.6 Å². The maximum atomic E-state index is 13.0. The molecule has 4 rings (SSSR count). The monoisotopic (exact) mass is 436 g/mol. The SMILES string of the molecule is Cc1cccc(NC(=O)CN(CC2CCCO2)C(=O)C=Cc2ccc3c(c2)OCO3)c1C. The average molecular weight is 437 g/mol. The van der Waals surface area contributed by atoms with E-state index in [0.717, 1.165) is 35.2 Å². The van der Waals surface area contributed by atoms with Crippen molar-refractivity contribution in [1.82, 2.24) is 4.90 Å². The molecule has 2 aromatic carbocycles. The third-order valence-corrected chi connectivity index (χ3v) is 5.79. The summed E-state index contributed by atoms with van der Waals surface area (Å²) in [6, 6.07) is 11.3. The molecule has 2 aromatic rings. The van der Waals surface area contributed by atoms with Crippen LogP contribution in [0.4, 0.5) is 5.69 Å². The summed E-state index contributed by atoms with van der Waals surface area (Å²) < 4.78 is 16.4. The number of nitrogens with one attached hydrogen (secondary N) is 1. The Morgan fingerprint density at radius 2 is 2.00 bits per heavy atom. The first kappa shape index (κ1) is 21.9. The van der Waals surface area contributed by atoms with E-state index in [9.17, 15) is 9.59 Å². The average Bonchev–Trinajstić information content (AvgIpc) is 3.46. The van der Waals surface area contributed by atoms with E-state index in [-0.39, 0.29) is 31.3 Å². The van der Waals surface area contributed by atoms with Crippen LogP contribution in [0.1, 0.15) is 29.5 Å². The summed E-state index contributed by atoms with van der Waals surface area (Å²) in [5.74, 6) is 0.871. The van der Waals surface area contributed by atoms with Gasteiger partial charge in [0.25, 0.3) is 0 Å². The molecule has 0 radical (unpaired) electrons. The van der Waals surface area contributed by atoms with E-state index < -0.39 is 0 Å². The molecule has 1 N–H and O–H groups in total. The number of fused-ring (bicyclic) bond motifs is 1. The van der Waals surface area contributed by atoms with Gasteiger partial charge in [-0.25, -0.2) is 0 Å². The molecule has 1 unspecified atom stereocenters. The molecule has 1 fully saturated rings. The molecule has 2 amide bonds. The van der Waals surface area contributed by atoms with Gasteiger partial charge in [-0.2, -0.15) is 0 Å². The van der Waals surface area contributed by atoms with Gasteiger partial charge in [0.05, 0.1) is 6.10 Å². The molecule has 7 heteroatoms. The molecular formula is C25H28N2O5. The van der Waals surface area contributed by atoms with Gasteiger partial charge >= 0.3 is 0 Å². The van der Waals surface area contributed by atoms with E-state index in [4.69, 9.17) is 14.2 Å². The van der Waals surface area contributed by atoms with Crippen LogP contribution in [-0.4, -0.2) is 49.3 Å². The molecular weight excluding hydrogens is 408 g/mol. The number of rotatable bonds is 7. The van der Waals surface area contributed by atoms with Gasteiger partial charge in [0.15, 0.2) is 11.5 Å². The second-order valence-corrected chi connectivity index (χ2v) is 8.10. The lowest BCUT2D eigenvalue weighted by Crippen LogP contribution is -2.41. The summed E-state index contributed by atoms with van der Waals surface area (Å²) in [5.41, 5.74) is 3.69. The zero-order valence-electron chi connectivity index (χ0n) is 18.4. The van der Waals surface area contributed by atoms with Crippen LogP contribution in [0.15, 0.2) is 42.5 Å². The van der Waals surface area contributed by atoms with Gasteiger partial charge in [0, 0.05) is 24.9 Å². The molecule has 2 heterocycles. The van der Waals surface area contributed by atoms with Crippen molar-refractivity contribution in [3.8, 4) is 11.5 Å². The lowest BCUT2D eigenvalue weighted by molar-refractivity contribution is -0.131. The number of anilines is 1. The lowest BCUT2D eigenvalue weighted by Gasteiger charge is -2.24. The third kappa shape index (κ3) is 5.29. The molecule has 2 aliphatic rings. The quantitative estimate of drug-likeness (QED) is 0.670. The first-order valence-corrected chi connectivity index (χ1v) is 10.8. The van der Waals surface area contributed by atoms with Crippen LogP contribution in [0.3, 0.4) is 0 Å². The fourth-order valence-electron chi connectivity index (χ4n) is 3.81. The number of benzene rings is 2. The van der Waals surface area contributed by atoms with Crippen LogP contribution in [-0.2, 0) is 14.3 Å². The Kier molecular flexibility index (Phi) is 6.75. The maximum absolute atomic E-state index is 13.0. The maximum Gasteiger partial charge on any atom is 0.247 e. The summed E-state index contributed by atoms with van der Waals surface area (Å²) in [6.45, 7) is 5.19. The van der Waals surface area contributed by atoms with E-state index in [1.54, 1.807) is 11.0 Å². The summed E-state index contributed by atoms with van der Waals surface area (Å²) >= 11 is 0. The number of carbonyl (C=O) groups excluding carboxylic acids is 2. The predicted molar refractivity (Wildman–Crippen MR) is 122 cm³/mol. The highest BCUT2D eigenvalue weighted by molar-refractivity contribution is 5.98. The second kappa shape index (κ2) is 9.87. The van der Waals surface area contributed by atoms with E-state index in [1.807, 2.05) is 50.2 Å². The molecule has 0 spiro atoms. The normalized spacial score (nSPS) is 17.0. The molecule has 7 nitrogen and oxygen atoms in total. The molecule has 168 valence electrons. The number of ether oxygens (including phenoxy) is 3. The standard InChI is InChI=1S/C25H28N2O5/c1-17-5-3-7-21(18(17)2)26-24(28)15-27(14-20-6-4-12-30-20)25(29)11-9-19-8-10-22-23(13-19)32-16-31-22/h3,5,7-11,13,20H,4,6,12,14-16H2,1-2H3,(H,26,28). The molecule has 2 aliphatic heterocycles. The number of amides is 2. The molecule has 0 aliphatic carbocycles. The van der Waals surface area contributed by atoms with Crippen LogP contribution in [0.25, 0.3) is 6.08 Å². The highest BCUT2D eigenvalue weighted by Crippen LogP contribution is 2.32. The van der Waals surface area contributed by atoms with E-state index in [0.29, 0.717) is 24.7 Å². The molecule has 1 saturated heterocycles. The zero-order chi connectivity index (χ0) is 22.5. The first-order chi connectivity index (χ1) is 15.5. The fraction of sp³-hybridized carbons (Fsp3) is 0.360. The summed E-state index contributed by atoms with van der Waals surface area (Å²) in [6.07, 6.45) is 5.00. The lowest BCUT2D eigenvalue weighted by atomic mass is 10.1. The van der Waals surface area contributed by atoms with E-state index in [2.05, 4.69) is 5.32 Å². The smallest absolute Gasteiger partial charge is 0.247 e. The van der Waals surface area contributed by atoms with Crippen molar-refractivity contribution in [2.45, 2.75) is 32.8 Å². The van der Waals surface area contributed by atoms with Crippen molar-refractivity contribution in [1.29, 1.82) is 0 Å². The minimum absolute atomic E-state index is 0.0441. The van der Waals surface area contributed by atoms with Gasteiger partial charge in [-0.05, 0) is 67.7 Å². The van der Waals surface area contributed by atoms with Crippen molar-refractivity contribution in [2.75, 3.05) is 31.8 Å². The largest absolute Gasteiger partial charge is 0.454 e. The van der Waals surface area contributed by atoms with E-state index in [1.165, 1.54) is 6.08 Å². The molecule has 1 atom stereocenters. The van der Waals surface area contributed by atoms with Crippen LogP contribution in [0.5, 0.6) is 11.5 Å². The van der Waals surface area contributed by atoms with Crippen molar-refractivity contribution < 1.29 is 23.8 Å². The molecule has 0 bridgehead atoms. The van der Waals surface area contributed by atoms with E-state index >= 15 is 0 Å². The van der Waals surface area contributed by atoms with Gasteiger partial charge in [0.1, 0.15) is 6.54 Å². The number of hydrogen-bond donors (Lipinski definition) is 1. The van der Waals surface area contributed by atoms with Gasteiger partial charge in [-0.1, -0.05) is 18.2 Å². The summed E-state index contributed by atoms with van der Waals surface area (Å²) in [7, 11) is 0. The Bertz CT molecular complexity index is 1030. The molecule has 0 aromatic heterocycles. The Hall–Kier alpha value is -3.32. The van der Waals surface area contributed by atoms with Crippen LogP contribution < -0.4 is 14.8 Å². The van der Waals surface area contributed by atoms with Crippen molar-refractivity contribution >= 4 is 23.6 Å². The Morgan fingerprint density at radius 1 is 1.16 bits per heavy atom.